The molecule has 240 valence electrons. The first-order valence-electron chi connectivity index (χ1n) is 17.1. The van der Waals surface area contributed by atoms with Crippen molar-refractivity contribution in [2.24, 2.45) is 0 Å². The minimum absolute atomic E-state index is 0.116. The number of hydrogen-bond acceptors (Lipinski definition) is 6. The molecule has 6 aromatic carbocycles. The van der Waals surface area contributed by atoms with Crippen LogP contribution in [0.4, 0.5) is 0 Å². The van der Waals surface area contributed by atoms with Crippen molar-refractivity contribution in [1.82, 2.24) is 15.0 Å². The van der Waals surface area contributed by atoms with Gasteiger partial charge in [-0.05, 0) is 54.1 Å². The smallest absolute Gasteiger partial charge is 0.164 e. The molecular formula is C45H27N3O2S. The van der Waals surface area contributed by atoms with Gasteiger partial charge in [0.15, 0.2) is 17.5 Å². The van der Waals surface area contributed by atoms with Gasteiger partial charge >= 0.3 is 0 Å². The quantitative estimate of drug-likeness (QED) is 0.186. The molecule has 0 radical (unpaired) electrons. The van der Waals surface area contributed by atoms with E-state index in [0.29, 0.717) is 17.5 Å². The van der Waals surface area contributed by atoms with Gasteiger partial charge in [-0.3, -0.25) is 0 Å². The Balaban J connectivity index is 1.10. The highest BCUT2D eigenvalue weighted by atomic mass is 32.1. The molecule has 5 nitrogen and oxygen atoms in total. The molecule has 1 aliphatic carbocycles. The van der Waals surface area contributed by atoms with Crippen LogP contribution in [-0.4, -0.2) is 21.1 Å². The van der Waals surface area contributed by atoms with Gasteiger partial charge < -0.3 is 9.15 Å². The Morgan fingerprint density at radius 1 is 0.471 bits per heavy atom. The lowest BCUT2D eigenvalue weighted by Crippen LogP contribution is -2.25. The molecule has 9 aromatic rings. The van der Waals surface area contributed by atoms with Crippen LogP contribution in [0, 0.1) is 0 Å². The summed E-state index contributed by atoms with van der Waals surface area (Å²) in [5.41, 5.74) is 7.93. The molecule has 1 aliphatic heterocycles. The van der Waals surface area contributed by atoms with Crippen molar-refractivity contribution < 1.29 is 9.15 Å². The summed E-state index contributed by atoms with van der Waals surface area (Å²) in [5, 5.41) is 4.68. The number of furan rings is 1. The molecule has 0 amide bonds. The molecule has 11 rings (SSSR count). The summed E-state index contributed by atoms with van der Waals surface area (Å²) in [6.45, 7) is 0. The highest BCUT2D eigenvalue weighted by molar-refractivity contribution is 7.25. The van der Waals surface area contributed by atoms with E-state index in [1.54, 1.807) is 11.3 Å². The Kier molecular flexibility index (Phi) is 6.18. The SMILES string of the molecule is C1=C(c2ccc3c(c2)oc2ccccc23)C2Oc3ccccc3C2C(c2nc(-c3ccccc3)nc(-c3ccc4sc5ccccc5c4c3)n2)=C1. The van der Waals surface area contributed by atoms with Crippen molar-refractivity contribution in [2.45, 2.75) is 12.0 Å². The van der Waals surface area contributed by atoms with E-state index in [1.165, 1.54) is 20.2 Å². The maximum Gasteiger partial charge on any atom is 0.164 e. The lowest BCUT2D eigenvalue weighted by Gasteiger charge is -2.27. The van der Waals surface area contributed by atoms with Crippen molar-refractivity contribution in [2.75, 3.05) is 0 Å². The summed E-state index contributed by atoms with van der Waals surface area (Å²) in [4.78, 5) is 15.5. The van der Waals surface area contributed by atoms with Crippen molar-refractivity contribution in [3.63, 3.8) is 0 Å². The van der Waals surface area contributed by atoms with Gasteiger partial charge in [-0.2, -0.15) is 0 Å². The third kappa shape index (κ3) is 4.50. The topological polar surface area (TPSA) is 61.0 Å². The van der Waals surface area contributed by atoms with Crippen molar-refractivity contribution in [1.29, 1.82) is 0 Å². The van der Waals surface area contributed by atoms with Crippen molar-refractivity contribution in [3.8, 4) is 28.5 Å². The second-order valence-corrected chi connectivity index (χ2v) is 14.2. The maximum atomic E-state index is 6.80. The average molecular weight is 674 g/mol. The second-order valence-electron chi connectivity index (χ2n) is 13.1. The summed E-state index contributed by atoms with van der Waals surface area (Å²) in [7, 11) is 0. The molecule has 4 heterocycles. The van der Waals surface area contributed by atoms with Crippen LogP contribution in [0.25, 0.3) is 76.0 Å². The molecule has 2 aliphatic rings. The van der Waals surface area contributed by atoms with Crippen LogP contribution in [0.15, 0.2) is 156 Å². The lowest BCUT2D eigenvalue weighted by molar-refractivity contribution is 0.281. The average Bonchev–Trinajstić information content (AvgIpc) is 3.88. The lowest BCUT2D eigenvalue weighted by atomic mass is 9.78. The Labute approximate surface area is 296 Å². The van der Waals surface area contributed by atoms with Gasteiger partial charge in [-0.15, -0.1) is 11.3 Å². The molecule has 6 heteroatoms. The van der Waals surface area contributed by atoms with Crippen LogP contribution in [-0.2, 0) is 0 Å². The first-order chi connectivity index (χ1) is 25.2. The number of fused-ring (bicyclic) bond motifs is 9. The highest BCUT2D eigenvalue weighted by Gasteiger charge is 2.42. The Morgan fingerprint density at radius 2 is 1.16 bits per heavy atom. The number of ether oxygens (including phenoxy) is 1. The molecular weight excluding hydrogens is 647 g/mol. The minimum atomic E-state index is -0.266. The maximum absolute atomic E-state index is 6.80. The Bertz CT molecular complexity index is 2920. The van der Waals surface area contributed by atoms with Crippen LogP contribution in [0.3, 0.4) is 0 Å². The summed E-state index contributed by atoms with van der Waals surface area (Å²) >= 11 is 1.81. The predicted molar refractivity (Wildman–Crippen MR) is 207 cm³/mol. The number of hydrogen-bond donors (Lipinski definition) is 0. The second kappa shape index (κ2) is 11.1. The van der Waals surface area contributed by atoms with Gasteiger partial charge in [-0.1, -0.05) is 103 Å². The molecule has 0 saturated carbocycles. The minimum Gasteiger partial charge on any atom is -0.484 e. The monoisotopic (exact) mass is 673 g/mol. The molecule has 3 aromatic heterocycles. The van der Waals surface area contributed by atoms with Crippen molar-refractivity contribution in [3.05, 3.63) is 169 Å². The van der Waals surface area contributed by atoms with E-state index in [4.69, 9.17) is 24.1 Å². The van der Waals surface area contributed by atoms with Crippen LogP contribution in [0.5, 0.6) is 5.75 Å². The normalized spacial score (nSPS) is 16.6. The first-order valence-corrected chi connectivity index (χ1v) is 17.9. The van der Waals surface area contributed by atoms with Gasteiger partial charge in [0, 0.05) is 58.8 Å². The number of aromatic nitrogens is 3. The van der Waals surface area contributed by atoms with Gasteiger partial charge in [0.05, 0.1) is 5.92 Å². The fourth-order valence-corrected chi connectivity index (χ4v) is 8.85. The van der Waals surface area contributed by atoms with Crippen LogP contribution >= 0.6 is 11.3 Å². The zero-order chi connectivity index (χ0) is 33.5. The van der Waals surface area contributed by atoms with Crippen LogP contribution in [0.2, 0.25) is 0 Å². The van der Waals surface area contributed by atoms with Gasteiger partial charge in [0.25, 0.3) is 0 Å². The fourth-order valence-electron chi connectivity index (χ4n) is 7.76. The van der Waals surface area contributed by atoms with E-state index in [9.17, 15) is 0 Å². The molecule has 2 unspecified atom stereocenters. The number of thiophene rings is 1. The molecule has 0 spiro atoms. The molecule has 2 atom stereocenters. The number of para-hydroxylation sites is 2. The Morgan fingerprint density at radius 3 is 2.08 bits per heavy atom. The Hall–Kier alpha value is -6.37. The van der Waals surface area contributed by atoms with Gasteiger partial charge in [0.2, 0.25) is 0 Å². The van der Waals surface area contributed by atoms with Crippen LogP contribution < -0.4 is 4.74 Å². The fraction of sp³-hybridized carbons (Fsp3) is 0.0444. The van der Waals surface area contributed by atoms with E-state index in [2.05, 4.69) is 109 Å². The molecule has 0 fully saturated rings. The zero-order valence-electron chi connectivity index (χ0n) is 27.2. The van der Waals surface area contributed by atoms with E-state index in [-0.39, 0.29) is 12.0 Å². The summed E-state index contributed by atoms with van der Waals surface area (Å²) in [6, 6.07) is 48.2. The number of rotatable bonds is 4. The van der Waals surface area contributed by atoms with E-state index in [0.717, 1.165) is 61.1 Å². The highest BCUT2D eigenvalue weighted by Crippen LogP contribution is 2.52. The van der Waals surface area contributed by atoms with Gasteiger partial charge in [0.1, 0.15) is 23.0 Å². The third-order valence-corrected chi connectivity index (χ3v) is 11.3. The van der Waals surface area contributed by atoms with Crippen molar-refractivity contribution >= 4 is 64.6 Å². The summed E-state index contributed by atoms with van der Waals surface area (Å²) in [5.74, 6) is 2.69. The number of allylic oxidation sites excluding steroid dienone is 2. The molecule has 0 bridgehead atoms. The summed E-state index contributed by atoms with van der Waals surface area (Å²) in [6.07, 6.45) is 4.08. The molecule has 0 saturated heterocycles. The largest absolute Gasteiger partial charge is 0.484 e. The molecule has 51 heavy (non-hydrogen) atoms. The standard InChI is InChI=1S/C45H27N3O2S/c1-2-10-26(11-3-1)43-46-44(28-19-23-40-35(24-28)32-13-6-9-17-39(32)51-40)48-45(47-43)34-22-21-29(42-41(34)33-14-5-8-16-37(33)50-42)27-18-20-31-30-12-4-7-15-36(30)49-38(31)25-27/h1-25,41-42H. The van der Waals surface area contributed by atoms with E-state index >= 15 is 0 Å². The third-order valence-electron chi connectivity index (χ3n) is 10.2. The van der Waals surface area contributed by atoms with E-state index < -0.39 is 0 Å². The zero-order valence-corrected chi connectivity index (χ0v) is 28.0. The first kappa shape index (κ1) is 28.5. The number of benzene rings is 6. The predicted octanol–water partition coefficient (Wildman–Crippen LogP) is 11.5. The van der Waals surface area contributed by atoms with Crippen LogP contribution in [0.1, 0.15) is 22.9 Å². The molecule has 0 N–H and O–H groups in total. The summed E-state index contributed by atoms with van der Waals surface area (Å²) < 4.78 is 15.6. The van der Waals surface area contributed by atoms with E-state index in [1.807, 2.05) is 42.5 Å². The number of nitrogens with zero attached hydrogens (tertiary/aromatic N) is 3. The van der Waals surface area contributed by atoms with Gasteiger partial charge in [-0.25, -0.2) is 15.0 Å².